The van der Waals surface area contributed by atoms with Crippen LogP contribution in [0.15, 0.2) is 0 Å². The van der Waals surface area contributed by atoms with Gasteiger partial charge in [0, 0.05) is 12.5 Å². The highest BCUT2D eigenvalue weighted by atomic mass is 16.4. The molecular formula is C14H27NO2. The molecule has 100 valence electrons. The highest BCUT2D eigenvalue weighted by Gasteiger charge is 2.25. The molecule has 0 spiro atoms. The van der Waals surface area contributed by atoms with Gasteiger partial charge in [-0.1, -0.05) is 20.3 Å². The molecule has 3 heteroatoms. The van der Waals surface area contributed by atoms with Crippen molar-refractivity contribution in [3.63, 3.8) is 0 Å². The number of aliphatic carboxylic acids is 1. The average molecular weight is 241 g/mol. The highest BCUT2D eigenvalue weighted by molar-refractivity contribution is 5.66. The Morgan fingerprint density at radius 3 is 2.71 bits per heavy atom. The van der Waals surface area contributed by atoms with E-state index in [1.54, 1.807) is 0 Å². The summed E-state index contributed by atoms with van der Waals surface area (Å²) in [4.78, 5) is 12.8. The van der Waals surface area contributed by atoms with E-state index in [1.807, 2.05) is 0 Å². The highest BCUT2D eigenvalue weighted by Crippen LogP contribution is 2.35. The molecule has 1 rings (SSSR count). The maximum absolute atomic E-state index is 10.5. The van der Waals surface area contributed by atoms with E-state index >= 15 is 0 Å². The van der Waals surface area contributed by atoms with Crippen LogP contribution in [0.3, 0.4) is 0 Å². The van der Waals surface area contributed by atoms with Crippen molar-refractivity contribution >= 4 is 5.97 Å². The quantitative estimate of drug-likeness (QED) is 0.752. The number of hydrogen-bond donors (Lipinski definition) is 1. The van der Waals surface area contributed by atoms with Gasteiger partial charge in [0.15, 0.2) is 0 Å². The SMILES string of the molecule is CN(CCCC(=O)O)C1CCCC(C)(C)CC1. The van der Waals surface area contributed by atoms with E-state index in [-0.39, 0.29) is 0 Å². The summed E-state index contributed by atoms with van der Waals surface area (Å²) in [7, 11) is 2.14. The van der Waals surface area contributed by atoms with Crippen molar-refractivity contribution in [1.82, 2.24) is 4.90 Å². The van der Waals surface area contributed by atoms with Gasteiger partial charge in [-0.3, -0.25) is 4.79 Å². The molecule has 0 radical (unpaired) electrons. The predicted molar refractivity (Wildman–Crippen MR) is 70.2 cm³/mol. The Hall–Kier alpha value is -0.570. The van der Waals surface area contributed by atoms with Crippen LogP contribution in [0.2, 0.25) is 0 Å². The van der Waals surface area contributed by atoms with Gasteiger partial charge in [-0.15, -0.1) is 0 Å². The van der Waals surface area contributed by atoms with E-state index in [4.69, 9.17) is 5.11 Å². The molecule has 0 aromatic rings. The van der Waals surface area contributed by atoms with E-state index in [9.17, 15) is 4.79 Å². The Balaban J connectivity index is 2.31. The molecule has 0 aromatic heterocycles. The van der Waals surface area contributed by atoms with Crippen LogP contribution in [0.25, 0.3) is 0 Å². The Kier molecular flexibility index (Phi) is 5.44. The second-order valence-corrected chi connectivity index (χ2v) is 6.23. The van der Waals surface area contributed by atoms with Gasteiger partial charge in [0.05, 0.1) is 0 Å². The van der Waals surface area contributed by atoms with Crippen LogP contribution in [-0.2, 0) is 4.79 Å². The fourth-order valence-electron chi connectivity index (χ4n) is 2.75. The Bertz CT molecular complexity index is 251. The second-order valence-electron chi connectivity index (χ2n) is 6.23. The molecule has 0 heterocycles. The number of carboxylic acids is 1. The zero-order chi connectivity index (χ0) is 12.9. The van der Waals surface area contributed by atoms with Crippen molar-refractivity contribution < 1.29 is 9.90 Å². The number of carbonyl (C=O) groups is 1. The Morgan fingerprint density at radius 1 is 1.35 bits per heavy atom. The lowest BCUT2D eigenvalue weighted by atomic mass is 9.85. The minimum absolute atomic E-state index is 0.294. The zero-order valence-electron chi connectivity index (χ0n) is 11.5. The summed E-state index contributed by atoms with van der Waals surface area (Å²) in [5, 5.41) is 8.63. The summed E-state index contributed by atoms with van der Waals surface area (Å²) in [5.74, 6) is -0.680. The first-order valence-corrected chi connectivity index (χ1v) is 6.83. The third kappa shape index (κ3) is 5.53. The maximum Gasteiger partial charge on any atom is 0.303 e. The van der Waals surface area contributed by atoms with Crippen molar-refractivity contribution in [2.75, 3.05) is 13.6 Å². The fraction of sp³-hybridized carbons (Fsp3) is 0.929. The third-order valence-corrected chi connectivity index (χ3v) is 4.07. The fourth-order valence-corrected chi connectivity index (χ4v) is 2.75. The number of carboxylic acid groups (broad SMARTS) is 1. The minimum atomic E-state index is -0.680. The number of nitrogens with zero attached hydrogens (tertiary/aromatic N) is 1. The standard InChI is InChI=1S/C14H27NO2/c1-14(2)9-4-6-12(8-10-14)15(3)11-5-7-13(16)17/h12H,4-11H2,1-3H3,(H,16,17). The van der Waals surface area contributed by atoms with Gasteiger partial charge in [0.25, 0.3) is 0 Å². The first-order valence-electron chi connectivity index (χ1n) is 6.83. The van der Waals surface area contributed by atoms with Gasteiger partial charge < -0.3 is 10.0 Å². The Labute approximate surface area is 105 Å². The molecule has 1 atom stereocenters. The first kappa shape index (κ1) is 14.5. The molecule has 1 unspecified atom stereocenters. The summed E-state index contributed by atoms with van der Waals surface area (Å²) < 4.78 is 0. The van der Waals surface area contributed by atoms with Gasteiger partial charge in [0.2, 0.25) is 0 Å². The van der Waals surface area contributed by atoms with E-state index in [1.165, 1.54) is 32.1 Å². The monoisotopic (exact) mass is 241 g/mol. The lowest BCUT2D eigenvalue weighted by molar-refractivity contribution is -0.137. The summed E-state index contributed by atoms with van der Waals surface area (Å²) >= 11 is 0. The van der Waals surface area contributed by atoms with E-state index < -0.39 is 5.97 Å². The topological polar surface area (TPSA) is 40.5 Å². The van der Waals surface area contributed by atoms with Crippen LogP contribution in [0.1, 0.15) is 58.8 Å². The molecule has 1 fully saturated rings. The summed E-state index contributed by atoms with van der Waals surface area (Å²) in [5.41, 5.74) is 0.497. The van der Waals surface area contributed by atoms with Crippen molar-refractivity contribution in [1.29, 1.82) is 0 Å². The average Bonchev–Trinajstić information content (AvgIpc) is 2.38. The van der Waals surface area contributed by atoms with E-state index in [0.717, 1.165) is 13.0 Å². The van der Waals surface area contributed by atoms with Gasteiger partial charge in [-0.25, -0.2) is 0 Å². The Morgan fingerprint density at radius 2 is 2.06 bits per heavy atom. The normalized spacial score (nSPS) is 24.6. The maximum atomic E-state index is 10.5. The van der Waals surface area contributed by atoms with Gasteiger partial charge in [-0.2, -0.15) is 0 Å². The summed E-state index contributed by atoms with van der Waals surface area (Å²) in [6.07, 6.45) is 7.52. The van der Waals surface area contributed by atoms with Crippen molar-refractivity contribution in [2.45, 2.75) is 64.8 Å². The number of hydrogen-bond acceptors (Lipinski definition) is 2. The van der Waals surface area contributed by atoms with Crippen LogP contribution in [0, 0.1) is 5.41 Å². The van der Waals surface area contributed by atoms with Crippen molar-refractivity contribution in [2.24, 2.45) is 5.41 Å². The van der Waals surface area contributed by atoms with Crippen LogP contribution < -0.4 is 0 Å². The molecule has 0 aromatic carbocycles. The third-order valence-electron chi connectivity index (χ3n) is 4.07. The second kappa shape index (κ2) is 6.39. The largest absolute Gasteiger partial charge is 0.481 e. The van der Waals surface area contributed by atoms with E-state index in [2.05, 4.69) is 25.8 Å². The first-order chi connectivity index (χ1) is 7.91. The predicted octanol–water partition coefficient (Wildman–Crippen LogP) is 3.14. The van der Waals surface area contributed by atoms with Gasteiger partial charge in [0.1, 0.15) is 0 Å². The molecular weight excluding hydrogens is 214 g/mol. The molecule has 0 aliphatic heterocycles. The summed E-state index contributed by atoms with van der Waals surface area (Å²) in [6.45, 7) is 5.64. The molecule has 0 saturated heterocycles. The molecule has 3 nitrogen and oxygen atoms in total. The molecule has 0 bridgehead atoms. The molecule has 1 saturated carbocycles. The van der Waals surface area contributed by atoms with Crippen LogP contribution in [0.4, 0.5) is 0 Å². The smallest absolute Gasteiger partial charge is 0.303 e. The molecule has 1 N–H and O–H groups in total. The zero-order valence-corrected chi connectivity index (χ0v) is 11.5. The minimum Gasteiger partial charge on any atom is -0.481 e. The van der Waals surface area contributed by atoms with Crippen molar-refractivity contribution in [3.05, 3.63) is 0 Å². The van der Waals surface area contributed by atoms with Crippen LogP contribution in [-0.4, -0.2) is 35.6 Å². The van der Waals surface area contributed by atoms with E-state index in [0.29, 0.717) is 17.9 Å². The molecule has 0 amide bonds. The molecule has 1 aliphatic carbocycles. The lowest BCUT2D eigenvalue weighted by Gasteiger charge is -2.27. The van der Waals surface area contributed by atoms with Crippen LogP contribution >= 0.6 is 0 Å². The van der Waals surface area contributed by atoms with Gasteiger partial charge in [-0.05, 0) is 51.1 Å². The molecule has 17 heavy (non-hydrogen) atoms. The van der Waals surface area contributed by atoms with Gasteiger partial charge >= 0.3 is 5.97 Å². The summed E-state index contributed by atoms with van der Waals surface area (Å²) in [6, 6.07) is 0.658. The lowest BCUT2D eigenvalue weighted by Crippen LogP contribution is -2.32. The van der Waals surface area contributed by atoms with Crippen LogP contribution in [0.5, 0.6) is 0 Å². The van der Waals surface area contributed by atoms with Crippen molar-refractivity contribution in [3.8, 4) is 0 Å². The molecule has 1 aliphatic rings. The number of rotatable bonds is 5.